The number of carbonyl (C=O) groups excluding carboxylic acids is 2. The second-order valence-electron chi connectivity index (χ2n) is 8.42. The Morgan fingerprint density at radius 1 is 1.23 bits per heavy atom. The lowest BCUT2D eigenvalue weighted by Gasteiger charge is -2.38. The number of halogens is 3. The number of carbonyl (C=O) groups is 2. The van der Waals surface area contributed by atoms with Crippen molar-refractivity contribution in [2.24, 2.45) is 0 Å². The van der Waals surface area contributed by atoms with E-state index in [-0.39, 0.29) is 38.1 Å². The van der Waals surface area contributed by atoms with E-state index in [4.69, 9.17) is 4.74 Å². The van der Waals surface area contributed by atoms with E-state index in [0.29, 0.717) is 5.56 Å². The fraction of sp³-hybridized carbons (Fsp3) is 0.571. The van der Waals surface area contributed by atoms with E-state index >= 15 is 0 Å². The van der Waals surface area contributed by atoms with Crippen LogP contribution >= 0.6 is 0 Å². The zero-order chi connectivity index (χ0) is 23.3. The molecule has 1 aromatic carbocycles. The Bertz CT molecular complexity index is 835. The summed E-state index contributed by atoms with van der Waals surface area (Å²) in [5, 5.41) is 12.4. The molecule has 0 bridgehead atoms. The third kappa shape index (κ3) is 7.75. The number of likely N-dealkylation sites (tertiary alicyclic amines) is 1. The average Bonchev–Trinajstić information content (AvgIpc) is 2.66. The molecule has 0 aromatic heterocycles. The van der Waals surface area contributed by atoms with Crippen LogP contribution in [0.4, 0.5) is 18.0 Å². The topological polar surface area (TPSA) is 91.7 Å². The van der Waals surface area contributed by atoms with E-state index in [1.807, 2.05) is 0 Å². The van der Waals surface area contributed by atoms with Crippen molar-refractivity contribution in [3.05, 3.63) is 35.4 Å². The smallest absolute Gasteiger partial charge is 0.411 e. The molecule has 1 aliphatic heterocycles. The highest BCUT2D eigenvalue weighted by molar-refractivity contribution is 5.95. The fourth-order valence-electron chi connectivity index (χ4n) is 3.04. The Kier molecular flexibility index (Phi) is 7.54. The maximum absolute atomic E-state index is 12.7. The lowest BCUT2D eigenvalue weighted by atomic mass is 9.88. The second kappa shape index (κ2) is 9.56. The Labute approximate surface area is 179 Å². The summed E-state index contributed by atoms with van der Waals surface area (Å²) in [6, 6.07) is 8.14. The lowest BCUT2D eigenvalue weighted by molar-refractivity contribution is -0.176. The van der Waals surface area contributed by atoms with Gasteiger partial charge in [0.25, 0.3) is 5.91 Å². The van der Waals surface area contributed by atoms with Gasteiger partial charge in [0, 0.05) is 31.5 Å². The van der Waals surface area contributed by atoms with Crippen LogP contribution in [-0.4, -0.2) is 53.9 Å². The van der Waals surface area contributed by atoms with Gasteiger partial charge < -0.3 is 19.7 Å². The van der Waals surface area contributed by atoms with Crippen molar-refractivity contribution >= 4 is 12.0 Å². The van der Waals surface area contributed by atoms with Crippen molar-refractivity contribution < 1.29 is 32.2 Å². The Morgan fingerprint density at radius 2 is 1.87 bits per heavy atom. The average molecular weight is 441 g/mol. The van der Waals surface area contributed by atoms with Gasteiger partial charge in [-0.15, -0.1) is 0 Å². The summed E-state index contributed by atoms with van der Waals surface area (Å²) < 4.78 is 46.6. The maximum Gasteiger partial charge on any atom is 0.411 e. The minimum Gasteiger partial charge on any atom is -0.444 e. The summed E-state index contributed by atoms with van der Waals surface area (Å²) in [6.07, 6.45) is -4.45. The van der Waals surface area contributed by atoms with Gasteiger partial charge in [0.2, 0.25) is 0 Å². The molecule has 31 heavy (non-hydrogen) atoms. The zero-order valence-corrected chi connectivity index (χ0v) is 17.7. The molecule has 0 spiro atoms. The molecule has 1 fully saturated rings. The molecule has 2 rings (SSSR count). The molecule has 0 atom stereocenters. The first-order valence-corrected chi connectivity index (χ1v) is 9.78. The SMILES string of the molecule is CC(C)(C)OC(=O)N1CCC(C#N)(NC(=O)c2cccc(COCC(F)(F)F)c2)CC1. The number of rotatable bonds is 5. The molecular weight excluding hydrogens is 415 g/mol. The largest absolute Gasteiger partial charge is 0.444 e. The molecule has 7 nitrogen and oxygen atoms in total. The molecule has 0 aliphatic carbocycles. The Balaban J connectivity index is 1.97. The molecule has 0 saturated carbocycles. The standard InChI is InChI=1S/C21H26F3N3O4/c1-19(2,3)31-18(29)27-9-7-20(13-25,8-10-27)26-17(28)16-6-4-5-15(11-16)12-30-14-21(22,23)24/h4-6,11H,7-10,12,14H2,1-3H3,(H,26,28). The summed E-state index contributed by atoms with van der Waals surface area (Å²) in [7, 11) is 0. The highest BCUT2D eigenvalue weighted by atomic mass is 19.4. The molecule has 0 radical (unpaired) electrons. The van der Waals surface area contributed by atoms with Gasteiger partial charge in [-0.05, 0) is 38.5 Å². The number of alkyl halides is 3. The normalized spacial score (nSPS) is 16.4. The third-order valence-electron chi connectivity index (χ3n) is 4.56. The van der Waals surface area contributed by atoms with Gasteiger partial charge in [0.15, 0.2) is 0 Å². The van der Waals surface area contributed by atoms with Crippen LogP contribution in [0.1, 0.15) is 49.5 Å². The van der Waals surface area contributed by atoms with E-state index in [1.165, 1.54) is 23.1 Å². The molecule has 1 heterocycles. The predicted octanol–water partition coefficient (Wildman–Crippen LogP) is 3.79. The van der Waals surface area contributed by atoms with Crippen LogP contribution in [0.25, 0.3) is 0 Å². The van der Waals surface area contributed by atoms with E-state index in [0.717, 1.165) is 0 Å². The first kappa shape index (κ1) is 24.5. The van der Waals surface area contributed by atoms with Crippen molar-refractivity contribution in [3.8, 4) is 6.07 Å². The molecule has 1 aromatic rings. The number of piperidine rings is 1. The van der Waals surface area contributed by atoms with Gasteiger partial charge in [0.05, 0.1) is 12.7 Å². The zero-order valence-electron chi connectivity index (χ0n) is 17.7. The maximum atomic E-state index is 12.7. The quantitative estimate of drug-likeness (QED) is 0.751. The predicted molar refractivity (Wildman–Crippen MR) is 105 cm³/mol. The minimum atomic E-state index is -4.43. The van der Waals surface area contributed by atoms with Gasteiger partial charge in [-0.2, -0.15) is 18.4 Å². The first-order chi connectivity index (χ1) is 14.3. The van der Waals surface area contributed by atoms with Gasteiger partial charge in [-0.1, -0.05) is 12.1 Å². The molecule has 0 unspecified atom stereocenters. The van der Waals surface area contributed by atoms with Crippen LogP contribution in [0.3, 0.4) is 0 Å². The number of hydrogen-bond acceptors (Lipinski definition) is 5. The molecule has 1 saturated heterocycles. The van der Waals surface area contributed by atoms with Crippen LogP contribution < -0.4 is 5.32 Å². The van der Waals surface area contributed by atoms with Gasteiger partial charge >= 0.3 is 12.3 Å². The summed E-state index contributed by atoms with van der Waals surface area (Å²) in [5.74, 6) is -0.523. The monoisotopic (exact) mass is 441 g/mol. The lowest BCUT2D eigenvalue weighted by Crippen LogP contribution is -2.55. The van der Waals surface area contributed by atoms with Crippen molar-refractivity contribution in [2.45, 2.75) is 57.5 Å². The number of benzene rings is 1. The molecule has 10 heteroatoms. The summed E-state index contributed by atoms with van der Waals surface area (Å²) in [6.45, 7) is 4.09. The third-order valence-corrected chi connectivity index (χ3v) is 4.56. The van der Waals surface area contributed by atoms with Crippen molar-refractivity contribution in [3.63, 3.8) is 0 Å². The fourth-order valence-corrected chi connectivity index (χ4v) is 3.04. The van der Waals surface area contributed by atoms with Gasteiger partial charge in [0.1, 0.15) is 17.7 Å². The summed E-state index contributed by atoms with van der Waals surface area (Å²) in [4.78, 5) is 26.4. The number of nitrogens with zero attached hydrogens (tertiary/aromatic N) is 2. The Hall–Kier alpha value is -2.80. The number of nitrogens with one attached hydrogen (secondary N) is 1. The van der Waals surface area contributed by atoms with Crippen LogP contribution in [0.15, 0.2) is 24.3 Å². The highest BCUT2D eigenvalue weighted by Crippen LogP contribution is 2.24. The van der Waals surface area contributed by atoms with Crippen LogP contribution in [0.2, 0.25) is 0 Å². The van der Waals surface area contributed by atoms with E-state index in [9.17, 15) is 28.0 Å². The molecular formula is C21H26F3N3O4. The van der Waals surface area contributed by atoms with Gasteiger partial charge in [-0.3, -0.25) is 4.79 Å². The number of hydrogen-bond donors (Lipinski definition) is 1. The van der Waals surface area contributed by atoms with Crippen LogP contribution in [0, 0.1) is 11.3 Å². The van der Waals surface area contributed by atoms with Crippen molar-refractivity contribution in [1.82, 2.24) is 10.2 Å². The first-order valence-electron chi connectivity index (χ1n) is 9.78. The highest BCUT2D eigenvalue weighted by Gasteiger charge is 2.38. The van der Waals surface area contributed by atoms with Gasteiger partial charge in [-0.25, -0.2) is 4.79 Å². The van der Waals surface area contributed by atoms with Crippen molar-refractivity contribution in [1.29, 1.82) is 5.26 Å². The number of nitriles is 1. The summed E-state index contributed by atoms with van der Waals surface area (Å²) >= 11 is 0. The summed E-state index contributed by atoms with van der Waals surface area (Å²) in [5.41, 5.74) is -1.18. The van der Waals surface area contributed by atoms with Crippen molar-refractivity contribution in [2.75, 3.05) is 19.7 Å². The van der Waals surface area contributed by atoms with Crippen LogP contribution in [0.5, 0.6) is 0 Å². The minimum absolute atomic E-state index is 0.206. The van der Waals surface area contributed by atoms with E-state index in [2.05, 4.69) is 16.1 Å². The number of ether oxygens (including phenoxy) is 2. The second-order valence-corrected chi connectivity index (χ2v) is 8.42. The van der Waals surface area contributed by atoms with E-state index < -0.39 is 35.9 Å². The molecule has 170 valence electrons. The Morgan fingerprint density at radius 3 is 2.42 bits per heavy atom. The van der Waals surface area contributed by atoms with Crippen LogP contribution in [-0.2, 0) is 16.1 Å². The molecule has 1 N–H and O–H groups in total. The van der Waals surface area contributed by atoms with E-state index in [1.54, 1.807) is 26.8 Å². The molecule has 1 aliphatic rings. The molecule has 2 amide bonds. The number of amides is 2.